The van der Waals surface area contributed by atoms with Crippen LogP contribution in [0.15, 0.2) is 212 Å². The molecule has 0 aliphatic carbocycles. The third-order valence-electron chi connectivity index (χ3n) is 11.1. The molecule has 56 heavy (non-hydrogen) atoms. The molecule has 3 heteroatoms. The van der Waals surface area contributed by atoms with Gasteiger partial charge in [-0.2, -0.15) is 5.10 Å². The number of aromatic nitrogens is 3. The van der Waals surface area contributed by atoms with Gasteiger partial charge >= 0.3 is 0 Å². The highest BCUT2D eigenvalue weighted by molar-refractivity contribution is 6.15. The average Bonchev–Trinajstić information content (AvgIpc) is 3.84. The van der Waals surface area contributed by atoms with Crippen LogP contribution in [0.1, 0.15) is 0 Å². The molecule has 11 aromatic rings. The van der Waals surface area contributed by atoms with E-state index in [1.54, 1.807) is 0 Å². The molecule has 0 N–H and O–H groups in total. The van der Waals surface area contributed by atoms with Gasteiger partial charge in [0.15, 0.2) is 0 Å². The fraction of sp³-hybridized carbons (Fsp3) is 0. The van der Waals surface area contributed by atoms with Gasteiger partial charge in [0.25, 0.3) is 0 Å². The van der Waals surface area contributed by atoms with Crippen LogP contribution < -0.4 is 0 Å². The summed E-state index contributed by atoms with van der Waals surface area (Å²) in [5.74, 6) is 0. The van der Waals surface area contributed by atoms with Crippen LogP contribution in [0.25, 0.3) is 99.7 Å². The lowest BCUT2D eigenvalue weighted by molar-refractivity contribution is 0.981. The van der Waals surface area contributed by atoms with Gasteiger partial charge in [0.1, 0.15) is 5.69 Å². The summed E-state index contributed by atoms with van der Waals surface area (Å²) in [7, 11) is 0. The molecule has 0 radical (unpaired) electrons. The summed E-state index contributed by atoms with van der Waals surface area (Å²) in [5.41, 5.74) is 15.9. The van der Waals surface area contributed by atoms with Gasteiger partial charge in [0.05, 0.1) is 22.2 Å². The zero-order valence-electron chi connectivity index (χ0n) is 30.5. The fourth-order valence-electron chi connectivity index (χ4n) is 8.64. The molecule has 0 fully saturated rings. The molecule has 0 aliphatic heterocycles. The molecular formula is C53H35N3. The first-order valence-corrected chi connectivity index (χ1v) is 19.1. The van der Waals surface area contributed by atoms with E-state index in [1.807, 2.05) is 0 Å². The summed E-state index contributed by atoms with van der Waals surface area (Å²) in [6, 6.07) is 76.2. The first-order chi connectivity index (χ1) is 27.8. The Morgan fingerprint density at radius 3 is 1.52 bits per heavy atom. The molecule has 0 aliphatic rings. The Morgan fingerprint density at radius 2 is 0.821 bits per heavy atom. The lowest BCUT2D eigenvalue weighted by Crippen LogP contribution is -2.00. The molecule has 0 amide bonds. The van der Waals surface area contributed by atoms with Crippen molar-refractivity contribution in [3.63, 3.8) is 0 Å². The van der Waals surface area contributed by atoms with Crippen LogP contribution in [-0.2, 0) is 0 Å². The molecule has 3 heterocycles. The molecule has 0 bridgehead atoms. The maximum atomic E-state index is 5.53. The topological polar surface area (TPSA) is 22.2 Å². The molecule has 0 unspecified atom stereocenters. The van der Waals surface area contributed by atoms with Gasteiger partial charge in [-0.3, -0.25) is 0 Å². The van der Waals surface area contributed by atoms with Crippen molar-refractivity contribution < 1.29 is 0 Å². The summed E-state index contributed by atoms with van der Waals surface area (Å²) in [6.07, 6.45) is 0. The van der Waals surface area contributed by atoms with E-state index in [9.17, 15) is 0 Å². The van der Waals surface area contributed by atoms with Crippen molar-refractivity contribution in [3.05, 3.63) is 212 Å². The van der Waals surface area contributed by atoms with Crippen molar-refractivity contribution in [2.24, 2.45) is 0 Å². The predicted octanol–water partition coefficient (Wildman–Crippen LogP) is 13.9. The zero-order chi connectivity index (χ0) is 37.0. The van der Waals surface area contributed by atoms with E-state index in [0.717, 1.165) is 56.0 Å². The van der Waals surface area contributed by atoms with Gasteiger partial charge in [0.2, 0.25) is 0 Å². The predicted molar refractivity (Wildman–Crippen MR) is 234 cm³/mol. The zero-order valence-corrected chi connectivity index (χ0v) is 30.5. The third-order valence-corrected chi connectivity index (χ3v) is 11.1. The van der Waals surface area contributed by atoms with Gasteiger partial charge in [0, 0.05) is 44.1 Å². The van der Waals surface area contributed by atoms with Crippen LogP contribution in [-0.4, -0.2) is 14.2 Å². The van der Waals surface area contributed by atoms with Crippen LogP contribution in [0.2, 0.25) is 0 Å². The number of pyridine rings is 1. The van der Waals surface area contributed by atoms with Crippen molar-refractivity contribution in [2.45, 2.75) is 0 Å². The molecule has 3 nitrogen and oxygen atoms in total. The maximum Gasteiger partial charge on any atom is 0.101 e. The van der Waals surface area contributed by atoms with Crippen molar-refractivity contribution in [3.8, 4) is 61.6 Å². The van der Waals surface area contributed by atoms with Gasteiger partial charge in [-0.1, -0.05) is 182 Å². The molecule has 0 saturated heterocycles. The molecule has 8 aromatic carbocycles. The highest BCUT2D eigenvalue weighted by Crippen LogP contribution is 2.46. The Labute approximate surface area is 325 Å². The molecular weight excluding hydrogens is 679 g/mol. The van der Waals surface area contributed by atoms with Crippen molar-refractivity contribution in [1.82, 2.24) is 14.2 Å². The SMILES string of the molecule is c1ccc(-c2nn3c(-c4ccccc4)c(-c4ccc(-c5ccc6c(c5)c5ccccc5n6-c5ccccc5)cc4)c4ccccc4c3c2-c2ccccc2)cc1. The van der Waals surface area contributed by atoms with E-state index in [0.29, 0.717) is 0 Å². The summed E-state index contributed by atoms with van der Waals surface area (Å²) in [6.45, 7) is 0. The normalized spacial score (nSPS) is 11.6. The Balaban J connectivity index is 1.14. The summed E-state index contributed by atoms with van der Waals surface area (Å²) < 4.78 is 4.58. The molecule has 0 atom stereocenters. The molecule has 3 aromatic heterocycles. The lowest BCUT2D eigenvalue weighted by Gasteiger charge is -2.18. The molecule has 0 spiro atoms. The molecule has 0 saturated carbocycles. The highest BCUT2D eigenvalue weighted by Gasteiger charge is 2.25. The first-order valence-electron chi connectivity index (χ1n) is 19.1. The van der Waals surface area contributed by atoms with Crippen LogP contribution in [0.5, 0.6) is 0 Å². The highest BCUT2D eigenvalue weighted by atomic mass is 15.2. The Kier molecular flexibility index (Phi) is 7.49. The van der Waals surface area contributed by atoms with Crippen molar-refractivity contribution >= 4 is 38.1 Å². The van der Waals surface area contributed by atoms with E-state index in [-0.39, 0.29) is 0 Å². The second-order valence-electron chi connectivity index (χ2n) is 14.3. The number of hydrogen-bond acceptors (Lipinski definition) is 1. The standard InChI is InChI=1S/C53H35N3/c1-5-17-37(18-6-1)50-51(39-19-7-2-8-20-39)54-56-52(40-21-9-3-10-22-40)49(44-26-13-14-27-45(44)53(50)56)38-31-29-36(30-32-38)41-33-34-48-46(35-41)43-25-15-16-28-47(43)55(48)42-23-11-4-12-24-42/h1-35H. The quantitative estimate of drug-likeness (QED) is 0.168. The van der Waals surface area contributed by atoms with E-state index >= 15 is 0 Å². The Hall–Kier alpha value is -7.49. The fourth-order valence-corrected chi connectivity index (χ4v) is 8.64. The van der Waals surface area contributed by atoms with Crippen LogP contribution in [0.4, 0.5) is 0 Å². The Bertz CT molecular complexity index is 3200. The van der Waals surface area contributed by atoms with Crippen molar-refractivity contribution in [2.75, 3.05) is 0 Å². The number of nitrogens with zero attached hydrogens (tertiary/aromatic N) is 3. The van der Waals surface area contributed by atoms with Crippen LogP contribution >= 0.6 is 0 Å². The number of hydrogen-bond donors (Lipinski definition) is 0. The lowest BCUT2D eigenvalue weighted by atomic mass is 9.90. The minimum atomic E-state index is 0.968. The number of rotatable bonds is 6. The average molecular weight is 714 g/mol. The second-order valence-corrected chi connectivity index (χ2v) is 14.3. The van der Waals surface area contributed by atoms with Gasteiger partial charge in [-0.05, 0) is 58.0 Å². The largest absolute Gasteiger partial charge is 0.309 e. The van der Waals surface area contributed by atoms with Gasteiger partial charge < -0.3 is 4.57 Å². The molecule has 11 rings (SSSR count). The number of benzene rings is 8. The van der Waals surface area contributed by atoms with Crippen molar-refractivity contribution in [1.29, 1.82) is 0 Å². The smallest absolute Gasteiger partial charge is 0.101 e. The van der Waals surface area contributed by atoms with E-state index in [4.69, 9.17) is 5.10 Å². The van der Waals surface area contributed by atoms with Gasteiger partial charge in [-0.25, -0.2) is 4.52 Å². The minimum absolute atomic E-state index is 0.968. The second kappa shape index (κ2) is 13.1. The summed E-state index contributed by atoms with van der Waals surface area (Å²) >= 11 is 0. The molecule has 262 valence electrons. The summed E-state index contributed by atoms with van der Waals surface area (Å²) in [4.78, 5) is 0. The number of fused-ring (bicyclic) bond motifs is 6. The summed E-state index contributed by atoms with van der Waals surface area (Å²) in [5, 5.41) is 10.4. The van der Waals surface area contributed by atoms with Crippen LogP contribution in [0.3, 0.4) is 0 Å². The van der Waals surface area contributed by atoms with Crippen LogP contribution in [0, 0.1) is 0 Å². The monoisotopic (exact) mass is 713 g/mol. The third kappa shape index (κ3) is 5.09. The minimum Gasteiger partial charge on any atom is -0.309 e. The first kappa shape index (κ1) is 32.0. The van der Waals surface area contributed by atoms with E-state index in [1.165, 1.54) is 43.7 Å². The number of para-hydroxylation sites is 2. The Morgan fingerprint density at radius 1 is 0.321 bits per heavy atom. The maximum absolute atomic E-state index is 5.53. The van der Waals surface area contributed by atoms with E-state index < -0.39 is 0 Å². The van der Waals surface area contributed by atoms with E-state index in [2.05, 4.69) is 221 Å². The van der Waals surface area contributed by atoms with Gasteiger partial charge in [-0.15, -0.1) is 0 Å².